The number of aliphatic hydroxyl groups excluding tert-OH is 1. The molecule has 1 aromatic carbocycles. The van der Waals surface area contributed by atoms with E-state index >= 15 is 0 Å². The predicted octanol–water partition coefficient (Wildman–Crippen LogP) is 1.64. The molecule has 0 saturated heterocycles. The number of benzene rings is 1. The molecule has 6 heteroatoms. The van der Waals surface area contributed by atoms with Crippen LogP contribution in [0.2, 0.25) is 0 Å². The summed E-state index contributed by atoms with van der Waals surface area (Å²) in [6, 6.07) is 3.30. The SMILES string of the molecule is CC(C)(C)CNS(=O)(=O)c1cc(F)ccc1CO. The zero-order valence-corrected chi connectivity index (χ0v) is 11.5. The molecule has 2 N–H and O–H groups in total. The minimum absolute atomic E-state index is 0.179. The van der Waals surface area contributed by atoms with Crippen LogP contribution in [0.25, 0.3) is 0 Å². The highest BCUT2D eigenvalue weighted by molar-refractivity contribution is 7.89. The molecule has 0 bridgehead atoms. The van der Waals surface area contributed by atoms with Crippen LogP contribution in [0.5, 0.6) is 0 Å². The molecule has 0 unspecified atom stereocenters. The third kappa shape index (κ3) is 4.04. The summed E-state index contributed by atoms with van der Waals surface area (Å²) >= 11 is 0. The topological polar surface area (TPSA) is 66.4 Å². The molecule has 0 atom stereocenters. The van der Waals surface area contributed by atoms with Crippen LogP contribution < -0.4 is 4.72 Å². The lowest BCUT2D eigenvalue weighted by molar-refractivity contribution is 0.278. The Balaban J connectivity index is 3.08. The highest BCUT2D eigenvalue weighted by Gasteiger charge is 2.21. The van der Waals surface area contributed by atoms with Crippen LogP contribution in [0, 0.1) is 11.2 Å². The first kappa shape index (κ1) is 15.1. The Morgan fingerprint density at radius 2 is 1.94 bits per heavy atom. The second-order valence-corrected chi connectivity index (χ2v) is 7.03. The molecule has 0 aliphatic rings. The summed E-state index contributed by atoms with van der Waals surface area (Å²) in [5.74, 6) is -0.650. The largest absolute Gasteiger partial charge is 0.392 e. The minimum atomic E-state index is -3.81. The lowest BCUT2D eigenvalue weighted by atomic mass is 9.98. The molecule has 0 aliphatic carbocycles. The number of aliphatic hydroxyl groups is 1. The van der Waals surface area contributed by atoms with E-state index in [9.17, 15) is 12.8 Å². The second kappa shape index (κ2) is 5.34. The number of halogens is 1. The van der Waals surface area contributed by atoms with Crippen molar-refractivity contribution in [3.8, 4) is 0 Å². The van der Waals surface area contributed by atoms with Crippen LogP contribution in [-0.4, -0.2) is 20.1 Å². The van der Waals surface area contributed by atoms with Crippen molar-refractivity contribution >= 4 is 10.0 Å². The smallest absolute Gasteiger partial charge is 0.241 e. The fourth-order valence-corrected chi connectivity index (χ4v) is 2.82. The number of hydrogen-bond donors (Lipinski definition) is 2. The van der Waals surface area contributed by atoms with Gasteiger partial charge < -0.3 is 5.11 Å². The normalized spacial score (nSPS) is 12.7. The lowest BCUT2D eigenvalue weighted by Crippen LogP contribution is -2.32. The summed E-state index contributed by atoms with van der Waals surface area (Å²) in [6.45, 7) is 5.43. The van der Waals surface area contributed by atoms with Crippen LogP contribution in [0.1, 0.15) is 26.3 Å². The molecule has 0 spiro atoms. The predicted molar refractivity (Wildman–Crippen MR) is 67.0 cm³/mol. The Bertz CT molecular complexity index is 521. The third-order valence-corrected chi connectivity index (χ3v) is 3.77. The molecule has 0 heterocycles. The summed E-state index contributed by atoms with van der Waals surface area (Å²) < 4.78 is 39.6. The summed E-state index contributed by atoms with van der Waals surface area (Å²) in [6.07, 6.45) is 0. The minimum Gasteiger partial charge on any atom is -0.392 e. The quantitative estimate of drug-likeness (QED) is 0.878. The number of sulfonamides is 1. The van der Waals surface area contributed by atoms with E-state index in [1.807, 2.05) is 20.8 Å². The highest BCUT2D eigenvalue weighted by atomic mass is 32.2. The van der Waals surface area contributed by atoms with Crippen molar-refractivity contribution in [3.05, 3.63) is 29.6 Å². The molecule has 0 aromatic heterocycles. The van der Waals surface area contributed by atoms with Gasteiger partial charge in [-0.05, 0) is 23.1 Å². The van der Waals surface area contributed by atoms with Crippen molar-refractivity contribution in [2.24, 2.45) is 5.41 Å². The van der Waals surface area contributed by atoms with E-state index < -0.39 is 22.4 Å². The Labute approximate surface area is 107 Å². The van der Waals surface area contributed by atoms with Crippen molar-refractivity contribution in [2.75, 3.05) is 6.54 Å². The molecular formula is C12H18FNO3S. The van der Waals surface area contributed by atoms with Crippen LogP contribution >= 0.6 is 0 Å². The maximum Gasteiger partial charge on any atom is 0.241 e. The first-order chi connectivity index (χ1) is 8.15. The van der Waals surface area contributed by atoms with Gasteiger partial charge in [-0.15, -0.1) is 0 Å². The van der Waals surface area contributed by atoms with Gasteiger partial charge in [-0.1, -0.05) is 26.8 Å². The third-order valence-electron chi connectivity index (χ3n) is 2.28. The molecular weight excluding hydrogens is 257 g/mol. The zero-order chi connectivity index (χ0) is 14.0. The van der Waals surface area contributed by atoms with Gasteiger partial charge in [-0.3, -0.25) is 0 Å². The Morgan fingerprint density at radius 3 is 2.44 bits per heavy atom. The molecule has 0 fully saturated rings. The number of hydrogen-bond acceptors (Lipinski definition) is 3. The molecule has 1 rings (SSSR count). The fraction of sp³-hybridized carbons (Fsp3) is 0.500. The van der Waals surface area contributed by atoms with Gasteiger partial charge in [0, 0.05) is 6.54 Å². The summed E-state index contributed by atoms with van der Waals surface area (Å²) in [5, 5.41) is 9.09. The summed E-state index contributed by atoms with van der Waals surface area (Å²) in [4.78, 5) is -0.214. The molecule has 4 nitrogen and oxygen atoms in total. The van der Waals surface area contributed by atoms with Gasteiger partial charge in [0.1, 0.15) is 5.82 Å². The summed E-state index contributed by atoms with van der Waals surface area (Å²) in [7, 11) is -3.81. The van der Waals surface area contributed by atoms with E-state index in [-0.39, 0.29) is 22.4 Å². The van der Waals surface area contributed by atoms with Crippen LogP contribution in [0.15, 0.2) is 23.1 Å². The highest BCUT2D eigenvalue weighted by Crippen LogP contribution is 2.19. The molecule has 102 valence electrons. The van der Waals surface area contributed by atoms with E-state index in [0.717, 1.165) is 12.1 Å². The fourth-order valence-electron chi connectivity index (χ4n) is 1.30. The van der Waals surface area contributed by atoms with E-state index in [4.69, 9.17) is 5.11 Å². The van der Waals surface area contributed by atoms with Crippen LogP contribution in [-0.2, 0) is 16.6 Å². The van der Waals surface area contributed by atoms with Gasteiger partial charge in [-0.2, -0.15) is 0 Å². The average molecular weight is 275 g/mol. The maximum absolute atomic E-state index is 13.1. The summed E-state index contributed by atoms with van der Waals surface area (Å²) in [5.41, 5.74) is -0.0439. The lowest BCUT2D eigenvalue weighted by Gasteiger charge is -2.19. The van der Waals surface area contributed by atoms with Crippen LogP contribution in [0.3, 0.4) is 0 Å². The second-order valence-electron chi connectivity index (χ2n) is 5.30. The van der Waals surface area contributed by atoms with Gasteiger partial charge in [0.2, 0.25) is 10.0 Å². The van der Waals surface area contributed by atoms with Gasteiger partial charge in [0.25, 0.3) is 0 Å². The van der Waals surface area contributed by atoms with Gasteiger partial charge in [0.15, 0.2) is 0 Å². The number of nitrogens with one attached hydrogen (secondary N) is 1. The molecule has 0 aliphatic heterocycles. The van der Waals surface area contributed by atoms with Gasteiger partial charge in [0.05, 0.1) is 11.5 Å². The Morgan fingerprint density at radius 1 is 1.33 bits per heavy atom. The molecule has 0 saturated carbocycles. The van der Waals surface area contributed by atoms with Crippen molar-refractivity contribution in [1.29, 1.82) is 0 Å². The first-order valence-electron chi connectivity index (χ1n) is 5.55. The molecule has 0 radical (unpaired) electrons. The van der Waals surface area contributed by atoms with Gasteiger partial charge in [-0.25, -0.2) is 17.5 Å². The van der Waals surface area contributed by atoms with Crippen LogP contribution in [0.4, 0.5) is 4.39 Å². The molecule has 0 amide bonds. The molecule has 1 aromatic rings. The van der Waals surface area contributed by atoms with E-state index in [2.05, 4.69) is 4.72 Å². The van der Waals surface area contributed by atoms with E-state index in [0.29, 0.717) is 0 Å². The van der Waals surface area contributed by atoms with E-state index in [1.54, 1.807) is 0 Å². The Hall–Kier alpha value is -0.980. The number of rotatable bonds is 4. The molecule has 18 heavy (non-hydrogen) atoms. The van der Waals surface area contributed by atoms with Crippen molar-refractivity contribution in [3.63, 3.8) is 0 Å². The monoisotopic (exact) mass is 275 g/mol. The Kier molecular flexibility index (Phi) is 4.47. The van der Waals surface area contributed by atoms with Crippen molar-refractivity contribution in [1.82, 2.24) is 4.72 Å². The first-order valence-corrected chi connectivity index (χ1v) is 7.03. The average Bonchev–Trinajstić information content (AvgIpc) is 2.26. The van der Waals surface area contributed by atoms with E-state index in [1.165, 1.54) is 6.07 Å². The maximum atomic E-state index is 13.1. The zero-order valence-electron chi connectivity index (χ0n) is 10.7. The van der Waals surface area contributed by atoms with Gasteiger partial charge >= 0.3 is 0 Å². The standard InChI is InChI=1S/C12H18FNO3S/c1-12(2,3)8-14-18(16,17)11-6-10(13)5-4-9(11)7-15/h4-6,14-15H,7-8H2,1-3H3. The van der Waals surface area contributed by atoms with Crippen molar-refractivity contribution < 1.29 is 17.9 Å². The van der Waals surface area contributed by atoms with Crippen molar-refractivity contribution in [2.45, 2.75) is 32.3 Å².